The zero-order valence-electron chi connectivity index (χ0n) is 13.4. The maximum absolute atomic E-state index is 11.7. The second-order valence-electron chi connectivity index (χ2n) is 5.19. The maximum Gasteiger partial charge on any atom is 0.270 e. The van der Waals surface area contributed by atoms with Gasteiger partial charge in [-0.15, -0.1) is 0 Å². The molecule has 2 aromatic rings. The first kappa shape index (κ1) is 17.4. The molecule has 24 heavy (non-hydrogen) atoms. The first-order chi connectivity index (χ1) is 11.4. The Morgan fingerprint density at radius 1 is 1.29 bits per heavy atom. The van der Waals surface area contributed by atoms with E-state index in [2.05, 4.69) is 0 Å². The Kier molecular flexibility index (Phi) is 5.49. The molecule has 0 radical (unpaired) electrons. The van der Waals surface area contributed by atoms with Crippen LogP contribution in [0.5, 0.6) is 5.75 Å². The first-order valence-corrected chi connectivity index (χ1v) is 7.27. The average molecular weight is 330 g/mol. The molecule has 0 bridgehead atoms. The van der Waals surface area contributed by atoms with E-state index in [-0.39, 0.29) is 17.0 Å². The predicted octanol–water partition coefficient (Wildman–Crippen LogP) is 2.66. The summed E-state index contributed by atoms with van der Waals surface area (Å²) in [5.74, 6) is -0.599. The number of primary amides is 1. The standard InChI is InChI=1S/C17H18N2O5/c1-11(23-2)24-16-13(8-12-6-4-3-5-7-12)9-14(19(21)22)10-15(16)17(18)20/h3-7,9-11H,8H2,1-2H3,(H2,18,20). The number of ether oxygens (including phenoxy) is 2. The van der Waals surface area contributed by atoms with E-state index in [1.54, 1.807) is 6.92 Å². The van der Waals surface area contributed by atoms with Crippen LogP contribution in [0.2, 0.25) is 0 Å². The Morgan fingerprint density at radius 2 is 1.96 bits per heavy atom. The van der Waals surface area contributed by atoms with E-state index in [1.807, 2.05) is 30.3 Å². The molecule has 1 amide bonds. The Morgan fingerprint density at radius 3 is 2.50 bits per heavy atom. The zero-order valence-corrected chi connectivity index (χ0v) is 13.4. The molecule has 0 saturated heterocycles. The summed E-state index contributed by atoms with van der Waals surface area (Å²) in [6.45, 7) is 1.65. The van der Waals surface area contributed by atoms with Crippen LogP contribution in [0.3, 0.4) is 0 Å². The fourth-order valence-corrected chi connectivity index (χ4v) is 2.26. The van der Waals surface area contributed by atoms with Gasteiger partial charge in [0, 0.05) is 31.2 Å². The lowest BCUT2D eigenvalue weighted by Crippen LogP contribution is -2.20. The Hall–Kier alpha value is -2.93. The van der Waals surface area contributed by atoms with E-state index in [4.69, 9.17) is 15.2 Å². The number of nitro groups is 1. The van der Waals surface area contributed by atoms with E-state index in [1.165, 1.54) is 13.2 Å². The van der Waals surface area contributed by atoms with E-state index in [0.29, 0.717) is 12.0 Å². The number of hydrogen-bond donors (Lipinski definition) is 1. The smallest absolute Gasteiger partial charge is 0.270 e. The summed E-state index contributed by atoms with van der Waals surface area (Å²) in [7, 11) is 1.46. The zero-order chi connectivity index (χ0) is 17.7. The van der Waals surface area contributed by atoms with E-state index in [9.17, 15) is 14.9 Å². The third kappa shape index (κ3) is 4.08. The Balaban J connectivity index is 2.58. The van der Waals surface area contributed by atoms with Crippen molar-refractivity contribution in [3.8, 4) is 5.75 Å². The number of benzene rings is 2. The summed E-state index contributed by atoms with van der Waals surface area (Å²) < 4.78 is 10.7. The van der Waals surface area contributed by atoms with Crippen LogP contribution in [0, 0.1) is 10.1 Å². The first-order valence-electron chi connectivity index (χ1n) is 7.27. The van der Waals surface area contributed by atoms with Crippen molar-refractivity contribution in [2.75, 3.05) is 7.11 Å². The van der Waals surface area contributed by atoms with Gasteiger partial charge in [0.05, 0.1) is 10.5 Å². The fraction of sp³-hybridized carbons (Fsp3) is 0.235. The van der Waals surface area contributed by atoms with Gasteiger partial charge in [-0.2, -0.15) is 0 Å². The maximum atomic E-state index is 11.7. The number of non-ortho nitro benzene ring substituents is 1. The molecule has 0 aliphatic rings. The van der Waals surface area contributed by atoms with Crippen molar-refractivity contribution in [3.05, 3.63) is 69.3 Å². The van der Waals surface area contributed by atoms with Crippen molar-refractivity contribution in [2.24, 2.45) is 5.73 Å². The number of nitrogens with two attached hydrogens (primary N) is 1. The van der Waals surface area contributed by atoms with Crippen molar-refractivity contribution in [1.29, 1.82) is 0 Å². The Labute approximate surface area is 139 Å². The minimum absolute atomic E-state index is 0.0426. The summed E-state index contributed by atoms with van der Waals surface area (Å²) in [6.07, 6.45) is -0.284. The molecule has 7 nitrogen and oxygen atoms in total. The number of hydrogen-bond acceptors (Lipinski definition) is 5. The molecule has 0 heterocycles. The minimum atomic E-state index is -0.800. The molecule has 1 unspecified atom stereocenters. The number of nitro benzene ring substituents is 1. The van der Waals surface area contributed by atoms with Crippen LogP contribution in [0.25, 0.3) is 0 Å². The van der Waals surface area contributed by atoms with Gasteiger partial charge < -0.3 is 15.2 Å². The van der Waals surface area contributed by atoms with E-state index >= 15 is 0 Å². The van der Waals surface area contributed by atoms with Crippen molar-refractivity contribution in [2.45, 2.75) is 19.6 Å². The monoisotopic (exact) mass is 330 g/mol. The van der Waals surface area contributed by atoms with Gasteiger partial charge in [-0.05, 0) is 12.5 Å². The lowest BCUT2D eigenvalue weighted by Gasteiger charge is -2.18. The summed E-state index contributed by atoms with van der Waals surface area (Å²) >= 11 is 0. The fourth-order valence-electron chi connectivity index (χ4n) is 2.26. The van der Waals surface area contributed by atoms with Crippen LogP contribution >= 0.6 is 0 Å². The molecule has 0 saturated carbocycles. The van der Waals surface area contributed by atoms with Gasteiger partial charge in [0.25, 0.3) is 11.6 Å². The average Bonchev–Trinajstić information content (AvgIpc) is 2.56. The summed E-state index contributed by atoms with van der Waals surface area (Å²) in [6, 6.07) is 11.9. The number of amides is 1. The summed E-state index contributed by atoms with van der Waals surface area (Å²) in [4.78, 5) is 22.3. The molecular formula is C17H18N2O5. The molecule has 0 fully saturated rings. The molecule has 0 aliphatic carbocycles. The lowest BCUT2D eigenvalue weighted by atomic mass is 10.00. The quantitative estimate of drug-likeness (QED) is 0.477. The van der Waals surface area contributed by atoms with E-state index in [0.717, 1.165) is 11.6 Å². The van der Waals surface area contributed by atoms with Gasteiger partial charge >= 0.3 is 0 Å². The molecule has 0 aromatic heterocycles. The largest absolute Gasteiger partial charge is 0.464 e. The normalized spacial score (nSPS) is 11.8. The highest BCUT2D eigenvalue weighted by Gasteiger charge is 2.22. The molecular weight excluding hydrogens is 312 g/mol. The topological polar surface area (TPSA) is 105 Å². The van der Waals surface area contributed by atoms with Gasteiger partial charge in [-0.3, -0.25) is 14.9 Å². The predicted molar refractivity (Wildman–Crippen MR) is 88.0 cm³/mol. The van der Waals surface area contributed by atoms with Crippen LogP contribution in [0.15, 0.2) is 42.5 Å². The molecule has 0 aliphatic heterocycles. The third-order valence-electron chi connectivity index (χ3n) is 3.48. The van der Waals surface area contributed by atoms with Crippen molar-refractivity contribution in [1.82, 2.24) is 0 Å². The third-order valence-corrected chi connectivity index (χ3v) is 3.48. The van der Waals surface area contributed by atoms with Crippen LogP contribution in [-0.2, 0) is 11.2 Å². The van der Waals surface area contributed by atoms with Crippen molar-refractivity contribution in [3.63, 3.8) is 0 Å². The molecule has 0 spiro atoms. The number of carbonyl (C=O) groups excluding carboxylic acids is 1. The molecule has 2 rings (SSSR count). The Bertz CT molecular complexity index is 746. The minimum Gasteiger partial charge on any atom is -0.464 e. The summed E-state index contributed by atoms with van der Waals surface area (Å²) in [5, 5.41) is 11.2. The van der Waals surface area contributed by atoms with Crippen molar-refractivity contribution < 1.29 is 19.2 Å². The van der Waals surface area contributed by atoms with Crippen LogP contribution in [-0.4, -0.2) is 24.2 Å². The SMILES string of the molecule is COC(C)Oc1c(Cc2ccccc2)cc([N+](=O)[O-])cc1C(N)=O. The molecule has 1 atom stereocenters. The van der Waals surface area contributed by atoms with E-state index < -0.39 is 17.1 Å². The lowest BCUT2D eigenvalue weighted by molar-refractivity contribution is -0.385. The van der Waals surface area contributed by atoms with Crippen LogP contribution < -0.4 is 10.5 Å². The van der Waals surface area contributed by atoms with Crippen LogP contribution in [0.1, 0.15) is 28.4 Å². The van der Waals surface area contributed by atoms with Gasteiger partial charge in [0.2, 0.25) is 0 Å². The van der Waals surface area contributed by atoms with Gasteiger partial charge in [-0.1, -0.05) is 30.3 Å². The number of nitrogens with zero attached hydrogens (tertiary/aromatic N) is 1. The number of rotatable bonds is 7. The number of carbonyl (C=O) groups is 1. The van der Waals surface area contributed by atoms with Crippen molar-refractivity contribution >= 4 is 11.6 Å². The van der Waals surface area contributed by atoms with Gasteiger partial charge in [-0.25, -0.2) is 0 Å². The van der Waals surface area contributed by atoms with Crippen LogP contribution in [0.4, 0.5) is 5.69 Å². The molecule has 126 valence electrons. The molecule has 2 N–H and O–H groups in total. The molecule has 7 heteroatoms. The number of methoxy groups -OCH3 is 1. The molecule has 2 aromatic carbocycles. The highest BCUT2D eigenvalue weighted by molar-refractivity contribution is 5.97. The van der Waals surface area contributed by atoms with Gasteiger partial charge in [0.1, 0.15) is 5.75 Å². The summed E-state index contributed by atoms with van der Waals surface area (Å²) in [5.41, 5.74) is 6.54. The van der Waals surface area contributed by atoms with Gasteiger partial charge in [0.15, 0.2) is 6.29 Å². The second kappa shape index (κ2) is 7.56. The highest BCUT2D eigenvalue weighted by Crippen LogP contribution is 2.32. The second-order valence-corrected chi connectivity index (χ2v) is 5.19. The highest BCUT2D eigenvalue weighted by atomic mass is 16.7.